The van der Waals surface area contributed by atoms with Gasteiger partial charge in [0, 0.05) is 23.0 Å². The number of hydrogen-bond acceptors (Lipinski definition) is 3. The molecule has 2 rings (SSSR count). The summed E-state index contributed by atoms with van der Waals surface area (Å²) in [5, 5.41) is 6.96. The molecule has 0 radical (unpaired) electrons. The lowest BCUT2D eigenvalue weighted by Crippen LogP contribution is -2.10. The fourth-order valence-electron chi connectivity index (χ4n) is 1.55. The molecule has 0 aliphatic carbocycles. The molecule has 4 heteroatoms. The molecular formula is C12H13BrN2O. The minimum absolute atomic E-state index is 0.849. The number of likely N-dealkylation sites (N-methyl/N-ethyl adjacent to an activating group) is 1. The number of benzene rings is 1. The smallest absolute Gasteiger partial charge is 0.145 e. The molecule has 0 bridgehead atoms. The molecule has 3 nitrogen and oxygen atoms in total. The number of nitrogens with zero attached hydrogens (tertiary/aromatic N) is 1. The van der Waals surface area contributed by atoms with Crippen molar-refractivity contribution in [1.29, 1.82) is 0 Å². The summed E-state index contributed by atoms with van der Waals surface area (Å²) >= 11 is 3.42. The third kappa shape index (κ3) is 2.51. The van der Waals surface area contributed by atoms with Crippen molar-refractivity contribution >= 4 is 15.9 Å². The predicted octanol–water partition coefficient (Wildman–Crippen LogP) is 2.87. The molecule has 1 aromatic heterocycles. The minimum atomic E-state index is 0.849. The molecular weight excluding hydrogens is 268 g/mol. The first kappa shape index (κ1) is 11.4. The van der Waals surface area contributed by atoms with E-state index in [9.17, 15) is 0 Å². The molecule has 0 saturated heterocycles. The molecule has 1 N–H and O–H groups in total. The summed E-state index contributed by atoms with van der Waals surface area (Å²) in [4.78, 5) is 0. The van der Waals surface area contributed by atoms with E-state index in [0.29, 0.717) is 0 Å². The van der Waals surface area contributed by atoms with Gasteiger partial charge in [-0.2, -0.15) is 0 Å². The van der Waals surface area contributed by atoms with Gasteiger partial charge < -0.3 is 9.84 Å². The molecule has 0 fully saturated rings. The molecule has 1 heterocycles. The molecule has 0 spiro atoms. The predicted molar refractivity (Wildman–Crippen MR) is 67.3 cm³/mol. The summed E-state index contributed by atoms with van der Waals surface area (Å²) < 4.78 is 6.32. The van der Waals surface area contributed by atoms with Gasteiger partial charge in [0.1, 0.15) is 5.76 Å². The highest BCUT2D eigenvalue weighted by atomic mass is 79.9. The van der Waals surface area contributed by atoms with Gasteiger partial charge in [0.15, 0.2) is 0 Å². The van der Waals surface area contributed by atoms with Crippen LogP contribution >= 0.6 is 15.9 Å². The number of aromatic nitrogens is 1. The van der Waals surface area contributed by atoms with Crippen LogP contribution < -0.4 is 5.32 Å². The molecule has 0 aliphatic rings. The SMILES string of the molecule is CNCCc1oncc1-c1ccc(Br)cc1. The van der Waals surface area contributed by atoms with Crippen LogP contribution in [0.3, 0.4) is 0 Å². The van der Waals surface area contributed by atoms with Gasteiger partial charge in [-0.05, 0) is 24.7 Å². The van der Waals surface area contributed by atoms with E-state index >= 15 is 0 Å². The molecule has 84 valence electrons. The zero-order valence-corrected chi connectivity index (χ0v) is 10.6. The van der Waals surface area contributed by atoms with Crippen molar-refractivity contribution < 1.29 is 4.52 Å². The average molecular weight is 281 g/mol. The average Bonchev–Trinajstić information content (AvgIpc) is 2.75. The molecule has 2 aromatic rings. The first-order valence-corrected chi connectivity index (χ1v) is 5.94. The van der Waals surface area contributed by atoms with Crippen LogP contribution in [0.2, 0.25) is 0 Å². The van der Waals surface area contributed by atoms with Crippen molar-refractivity contribution in [3.05, 3.63) is 40.7 Å². The maximum Gasteiger partial charge on any atom is 0.145 e. The Morgan fingerprint density at radius 1 is 1.31 bits per heavy atom. The van der Waals surface area contributed by atoms with E-state index in [0.717, 1.165) is 34.3 Å². The van der Waals surface area contributed by atoms with Crippen LogP contribution in [-0.2, 0) is 6.42 Å². The van der Waals surface area contributed by atoms with Crippen LogP contribution in [0.5, 0.6) is 0 Å². The summed E-state index contributed by atoms with van der Waals surface area (Å²) in [6.07, 6.45) is 2.62. The van der Waals surface area contributed by atoms with Crippen molar-refractivity contribution in [3.8, 4) is 11.1 Å². The van der Waals surface area contributed by atoms with E-state index in [1.807, 2.05) is 19.2 Å². The molecule has 1 aromatic carbocycles. The monoisotopic (exact) mass is 280 g/mol. The number of nitrogens with one attached hydrogen (secondary N) is 1. The van der Waals surface area contributed by atoms with E-state index < -0.39 is 0 Å². The van der Waals surface area contributed by atoms with Crippen LogP contribution in [-0.4, -0.2) is 18.7 Å². The van der Waals surface area contributed by atoms with E-state index in [-0.39, 0.29) is 0 Å². The van der Waals surface area contributed by atoms with Gasteiger partial charge in [-0.3, -0.25) is 0 Å². The van der Waals surface area contributed by atoms with E-state index in [2.05, 4.69) is 38.5 Å². The Hall–Kier alpha value is -1.13. The zero-order chi connectivity index (χ0) is 11.4. The Labute approximate surface area is 103 Å². The molecule has 0 atom stereocenters. The number of hydrogen-bond donors (Lipinski definition) is 1. The highest BCUT2D eigenvalue weighted by molar-refractivity contribution is 9.10. The van der Waals surface area contributed by atoms with Crippen molar-refractivity contribution in [3.63, 3.8) is 0 Å². The summed E-state index contributed by atoms with van der Waals surface area (Å²) in [5.74, 6) is 0.927. The quantitative estimate of drug-likeness (QED) is 0.936. The Kier molecular flexibility index (Phi) is 3.74. The fourth-order valence-corrected chi connectivity index (χ4v) is 1.81. The van der Waals surface area contributed by atoms with Crippen molar-refractivity contribution in [2.24, 2.45) is 0 Å². The van der Waals surface area contributed by atoms with E-state index in [4.69, 9.17) is 4.52 Å². The Balaban J connectivity index is 2.26. The van der Waals surface area contributed by atoms with Crippen molar-refractivity contribution in [2.45, 2.75) is 6.42 Å². The molecule has 0 aliphatic heterocycles. The van der Waals surface area contributed by atoms with Gasteiger partial charge in [-0.25, -0.2) is 0 Å². The largest absolute Gasteiger partial charge is 0.361 e. The number of halogens is 1. The second-order valence-corrected chi connectivity index (χ2v) is 4.44. The molecule has 0 saturated carbocycles. The van der Waals surface area contributed by atoms with Crippen LogP contribution in [0, 0.1) is 0 Å². The van der Waals surface area contributed by atoms with Crippen molar-refractivity contribution in [1.82, 2.24) is 10.5 Å². The Morgan fingerprint density at radius 3 is 2.75 bits per heavy atom. The highest BCUT2D eigenvalue weighted by Gasteiger charge is 2.09. The maximum atomic E-state index is 5.25. The fraction of sp³-hybridized carbons (Fsp3) is 0.250. The van der Waals surface area contributed by atoms with E-state index in [1.54, 1.807) is 6.20 Å². The zero-order valence-electron chi connectivity index (χ0n) is 9.03. The summed E-state index contributed by atoms with van der Waals surface area (Å²) in [7, 11) is 1.93. The van der Waals surface area contributed by atoms with Gasteiger partial charge >= 0.3 is 0 Å². The normalized spacial score (nSPS) is 10.6. The van der Waals surface area contributed by atoms with E-state index in [1.165, 1.54) is 0 Å². The topological polar surface area (TPSA) is 38.1 Å². The Bertz CT molecular complexity index is 450. The lowest BCUT2D eigenvalue weighted by molar-refractivity contribution is 0.382. The Morgan fingerprint density at radius 2 is 2.06 bits per heavy atom. The first-order chi connectivity index (χ1) is 7.81. The standard InChI is InChI=1S/C12H13BrN2O/c1-14-7-6-12-11(8-15-16-12)9-2-4-10(13)5-3-9/h2-5,8,14H,6-7H2,1H3. The van der Waals surface area contributed by atoms with Gasteiger partial charge in [0.05, 0.1) is 6.20 Å². The van der Waals surface area contributed by atoms with Gasteiger partial charge in [-0.1, -0.05) is 33.2 Å². The second kappa shape index (κ2) is 5.27. The summed E-state index contributed by atoms with van der Waals surface area (Å²) in [6.45, 7) is 0.888. The maximum absolute atomic E-state index is 5.25. The minimum Gasteiger partial charge on any atom is -0.361 e. The number of rotatable bonds is 4. The van der Waals surface area contributed by atoms with Gasteiger partial charge in [0.25, 0.3) is 0 Å². The third-order valence-corrected chi connectivity index (χ3v) is 2.93. The lowest BCUT2D eigenvalue weighted by atomic mass is 10.1. The third-order valence-electron chi connectivity index (χ3n) is 2.40. The second-order valence-electron chi connectivity index (χ2n) is 3.52. The van der Waals surface area contributed by atoms with Gasteiger partial charge in [-0.15, -0.1) is 0 Å². The first-order valence-electron chi connectivity index (χ1n) is 5.15. The molecule has 0 unspecified atom stereocenters. The summed E-state index contributed by atoms with van der Waals surface area (Å²) in [6, 6.07) is 8.15. The van der Waals surface area contributed by atoms with Crippen LogP contribution in [0.4, 0.5) is 0 Å². The molecule has 16 heavy (non-hydrogen) atoms. The van der Waals surface area contributed by atoms with Crippen LogP contribution in [0.15, 0.2) is 39.5 Å². The highest BCUT2D eigenvalue weighted by Crippen LogP contribution is 2.25. The summed E-state index contributed by atoms with van der Waals surface area (Å²) in [5.41, 5.74) is 2.21. The van der Waals surface area contributed by atoms with Crippen molar-refractivity contribution in [2.75, 3.05) is 13.6 Å². The van der Waals surface area contributed by atoms with Crippen LogP contribution in [0.1, 0.15) is 5.76 Å². The van der Waals surface area contributed by atoms with Gasteiger partial charge in [0.2, 0.25) is 0 Å². The molecule has 0 amide bonds. The lowest BCUT2D eigenvalue weighted by Gasteiger charge is -2.01. The van der Waals surface area contributed by atoms with Crippen LogP contribution in [0.25, 0.3) is 11.1 Å².